The van der Waals surface area contributed by atoms with Crippen molar-refractivity contribution in [3.05, 3.63) is 11.6 Å². The molecule has 7 nitrogen and oxygen atoms in total. The average Bonchev–Trinajstić information content (AvgIpc) is 2.85. The molecule has 0 aliphatic heterocycles. The van der Waals surface area contributed by atoms with Gasteiger partial charge in [-0.1, -0.05) is 6.92 Å². The largest absolute Gasteiger partial charge is 0.351 e. The average molecular weight is 270 g/mol. The number of hydrogen-bond donors (Lipinski definition) is 2. The highest BCUT2D eigenvalue weighted by Crippen LogP contribution is 1.98. The smallest absolute Gasteiger partial charge is 0.291 e. The predicted molar refractivity (Wildman–Crippen MR) is 69.8 cm³/mol. The zero-order valence-corrected chi connectivity index (χ0v) is 11.7. The zero-order valence-electron chi connectivity index (χ0n) is 11.7. The quantitative estimate of drug-likeness (QED) is 0.650. The van der Waals surface area contributed by atoms with Gasteiger partial charge >= 0.3 is 0 Å². The van der Waals surface area contributed by atoms with Gasteiger partial charge in [0.15, 0.2) is 6.29 Å². The number of nitrogens with zero attached hydrogens (tertiary/aromatic N) is 2. The van der Waals surface area contributed by atoms with Crippen molar-refractivity contribution in [3.63, 3.8) is 0 Å². The van der Waals surface area contributed by atoms with E-state index in [0.29, 0.717) is 13.2 Å². The Labute approximate surface area is 113 Å². The number of carbonyl (C=O) groups is 1. The molecule has 0 radical (unpaired) electrons. The molecule has 1 heterocycles. The van der Waals surface area contributed by atoms with Gasteiger partial charge in [-0.25, -0.2) is 4.98 Å². The van der Waals surface area contributed by atoms with Gasteiger partial charge in [-0.3, -0.25) is 9.89 Å². The van der Waals surface area contributed by atoms with Crippen molar-refractivity contribution in [2.75, 3.05) is 19.8 Å². The van der Waals surface area contributed by atoms with E-state index in [1.54, 1.807) is 0 Å². The number of ether oxygens (including phenoxy) is 2. The fourth-order valence-electron chi connectivity index (χ4n) is 1.54. The Morgan fingerprint density at radius 1 is 1.32 bits per heavy atom. The predicted octanol–water partition coefficient (Wildman–Crippen LogP) is 0.886. The summed E-state index contributed by atoms with van der Waals surface area (Å²) in [6.07, 6.45) is 1.29. The third-order valence-corrected chi connectivity index (χ3v) is 2.36. The lowest BCUT2D eigenvalue weighted by molar-refractivity contribution is -0.131. The molecule has 1 rings (SSSR count). The number of hydrogen-bond acceptors (Lipinski definition) is 5. The van der Waals surface area contributed by atoms with Gasteiger partial charge in [-0.05, 0) is 20.3 Å². The maximum absolute atomic E-state index is 11.8. The standard InChI is InChI=1S/C12H22N4O3/c1-4-7-9-14-11(16-15-9)12(17)13-8-10(18-5-2)19-6-3/h10H,4-8H2,1-3H3,(H,13,17)(H,14,15,16). The fraction of sp³-hybridized carbons (Fsp3) is 0.750. The van der Waals surface area contributed by atoms with Crippen LogP contribution in [0.4, 0.5) is 0 Å². The molecular weight excluding hydrogens is 248 g/mol. The topological polar surface area (TPSA) is 89.1 Å². The highest BCUT2D eigenvalue weighted by atomic mass is 16.7. The molecule has 0 saturated carbocycles. The van der Waals surface area contributed by atoms with Gasteiger partial charge in [0, 0.05) is 19.6 Å². The molecule has 1 aromatic heterocycles. The van der Waals surface area contributed by atoms with Crippen molar-refractivity contribution >= 4 is 5.91 Å². The molecule has 0 fully saturated rings. The van der Waals surface area contributed by atoms with Crippen LogP contribution in [-0.4, -0.2) is 47.1 Å². The molecule has 2 N–H and O–H groups in total. The van der Waals surface area contributed by atoms with Crippen LogP contribution in [0.3, 0.4) is 0 Å². The summed E-state index contributed by atoms with van der Waals surface area (Å²) in [7, 11) is 0. The molecule has 0 saturated heterocycles. The summed E-state index contributed by atoms with van der Waals surface area (Å²) in [6.45, 7) is 7.12. The van der Waals surface area contributed by atoms with Gasteiger partial charge in [0.2, 0.25) is 5.82 Å². The Kier molecular flexibility index (Phi) is 7.06. The van der Waals surface area contributed by atoms with E-state index in [-0.39, 0.29) is 18.3 Å². The summed E-state index contributed by atoms with van der Waals surface area (Å²) >= 11 is 0. The number of rotatable bonds is 9. The number of amides is 1. The van der Waals surface area contributed by atoms with Crippen LogP contribution in [0.5, 0.6) is 0 Å². The Balaban J connectivity index is 2.44. The Morgan fingerprint density at radius 2 is 2.00 bits per heavy atom. The first kappa shape index (κ1) is 15.6. The molecular formula is C12H22N4O3. The Hall–Kier alpha value is -1.47. The molecule has 0 aliphatic rings. The molecule has 0 aromatic carbocycles. The second-order valence-corrected chi connectivity index (χ2v) is 3.91. The number of carbonyl (C=O) groups excluding carboxylic acids is 1. The minimum Gasteiger partial charge on any atom is -0.351 e. The summed E-state index contributed by atoms with van der Waals surface area (Å²) in [6, 6.07) is 0. The normalized spacial score (nSPS) is 10.9. The lowest BCUT2D eigenvalue weighted by atomic mass is 10.3. The van der Waals surface area contributed by atoms with Crippen molar-refractivity contribution in [1.82, 2.24) is 20.5 Å². The van der Waals surface area contributed by atoms with Gasteiger partial charge in [0.1, 0.15) is 5.82 Å². The zero-order chi connectivity index (χ0) is 14.1. The van der Waals surface area contributed by atoms with Crippen molar-refractivity contribution in [3.8, 4) is 0 Å². The van der Waals surface area contributed by atoms with Crippen molar-refractivity contribution in [1.29, 1.82) is 0 Å². The summed E-state index contributed by atoms with van der Waals surface area (Å²) in [4.78, 5) is 15.9. The van der Waals surface area contributed by atoms with E-state index in [1.807, 2.05) is 20.8 Å². The van der Waals surface area contributed by atoms with Gasteiger partial charge < -0.3 is 14.8 Å². The first-order valence-corrected chi connectivity index (χ1v) is 6.63. The van der Waals surface area contributed by atoms with Gasteiger partial charge in [0.05, 0.1) is 6.54 Å². The highest BCUT2D eigenvalue weighted by molar-refractivity contribution is 5.90. The summed E-state index contributed by atoms with van der Waals surface area (Å²) in [5.41, 5.74) is 0. The van der Waals surface area contributed by atoms with Gasteiger partial charge in [-0.2, -0.15) is 0 Å². The Morgan fingerprint density at radius 3 is 2.58 bits per heavy atom. The maximum Gasteiger partial charge on any atom is 0.291 e. The minimum absolute atomic E-state index is 0.148. The van der Waals surface area contributed by atoms with E-state index >= 15 is 0 Å². The summed E-state index contributed by atoms with van der Waals surface area (Å²) < 4.78 is 10.7. The molecule has 0 atom stereocenters. The van der Waals surface area contributed by atoms with Crippen LogP contribution in [0.25, 0.3) is 0 Å². The molecule has 108 valence electrons. The van der Waals surface area contributed by atoms with Crippen molar-refractivity contribution < 1.29 is 14.3 Å². The number of aromatic nitrogens is 3. The van der Waals surface area contributed by atoms with Crippen LogP contribution in [0.2, 0.25) is 0 Å². The first-order chi connectivity index (χ1) is 9.21. The van der Waals surface area contributed by atoms with Crippen LogP contribution in [0.15, 0.2) is 0 Å². The molecule has 0 spiro atoms. The first-order valence-electron chi connectivity index (χ1n) is 6.63. The lowest BCUT2D eigenvalue weighted by Gasteiger charge is -2.16. The molecule has 0 bridgehead atoms. The Bertz CT molecular complexity index is 375. The number of nitrogens with one attached hydrogen (secondary N) is 2. The molecule has 0 unspecified atom stereocenters. The molecule has 7 heteroatoms. The second kappa shape index (κ2) is 8.60. The van der Waals surface area contributed by atoms with Crippen LogP contribution in [-0.2, 0) is 15.9 Å². The van der Waals surface area contributed by atoms with Crippen LogP contribution >= 0.6 is 0 Å². The lowest BCUT2D eigenvalue weighted by Crippen LogP contribution is -2.35. The SMILES string of the molecule is CCCc1nc(C(=O)NCC(OCC)OCC)n[nH]1. The van der Waals surface area contributed by atoms with Crippen LogP contribution < -0.4 is 5.32 Å². The molecule has 0 aliphatic carbocycles. The molecule has 1 aromatic rings. The van der Waals surface area contributed by atoms with E-state index in [9.17, 15) is 4.79 Å². The number of H-pyrrole nitrogens is 1. The highest BCUT2D eigenvalue weighted by Gasteiger charge is 2.15. The van der Waals surface area contributed by atoms with Crippen molar-refractivity contribution in [2.45, 2.75) is 39.9 Å². The molecule has 1 amide bonds. The summed E-state index contributed by atoms with van der Waals surface area (Å²) in [5.74, 6) is 0.539. The van der Waals surface area contributed by atoms with Gasteiger partial charge in [-0.15, -0.1) is 5.10 Å². The number of aromatic amines is 1. The van der Waals surface area contributed by atoms with E-state index < -0.39 is 6.29 Å². The van der Waals surface area contributed by atoms with E-state index in [0.717, 1.165) is 18.7 Å². The third-order valence-electron chi connectivity index (χ3n) is 2.36. The third kappa shape index (κ3) is 5.35. The van der Waals surface area contributed by atoms with Crippen LogP contribution in [0.1, 0.15) is 43.6 Å². The molecule has 19 heavy (non-hydrogen) atoms. The van der Waals surface area contributed by atoms with Crippen molar-refractivity contribution in [2.24, 2.45) is 0 Å². The fourth-order valence-corrected chi connectivity index (χ4v) is 1.54. The summed E-state index contributed by atoms with van der Waals surface area (Å²) in [5, 5.41) is 9.31. The van der Waals surface area contributed by atoms with E-state index in [4.69, 9.17) is 9.47 Å². The number of aryl methyl sites for hydroxylation is 1. The minimum atomic E-state index is -0.437. The van der Waals surface area contributed by atoms with E-state index in [2.05, 4.69) is 20.5 Å². The van der Waals surface area contributed by atoms with Crippen LogP contribution in [0, 0.1) is 0 Å². The monoisotopic (exact) mass is 270 g/mol. The second-order valence-electron chi connectivity index (χ2n) is 3.91. The van der Waals surface area contributed by atoms with Gasteiger partial charge in [0.25, 0.3) is 5.91 Å². The maximum atomic E-state index is 11.8. The van der Waals surface area contributed by atoms with E-state index in [1.165, 1.54) is 0 Å².